The topological polar surface area (TPSA) is 56.8 Å². The van der Waals surface area contributed by atoms with E-state index in [1.807, 2.05) is 17.0 Å². The van der Waals surface area contributed by atoms with Crippen LogP contribution in [-0.2, 0) is 4.79 Å². The van der Waals surface area contributed by atoms with Gasteiger partial charge in [0.1, 0.15) is 5.69 Å². The average Bonchev–Trinajstić information content (AvgIpc) is 2.93. The van der Waals surface area contributed by atoms with Gasteiger partial charge in [0.25, 0.3) is 5.91 Å². The first-order valence-electron chi connectivity index (χ1n) is 9.84. The highest BCUT2D eigenvalue weighted by Gasteiger charge is 2.38. The summed E-state index contributed by atoms with van der Waals surface area (Å²) in [5, 5.41) is 0. The highest BCUT2D eigenvalue weighted by molar-refractivity contribution is 5.92. The molecule has 3 saturated heterocycles. The van der Waals surface area contributed by atoms with Crippen molar-refractivity contribution < 1.29 is 9.59 Å². The van der Waals surface area contributed by atoms with Gasteiger partial charge in [0, 0.05) is 50.4 Å². The average molecular weight is 356 g/mol. The van der Waals surface area contributed by atoms with Crippen LogP contribution < -0.4 is 0 Å². The third-order valence-electron chi connectivity index (χ3n) is 6.48. The highest BCUT2D eigenvalue weighted by Crippen LogP contribution is 2.30. The third kappa shape index (κ3) is 3.34. The molecule has 0 N–H and O–H groups in total. The van der Waals surface area contributed by atoms with E-state index in [-0.39, 0.29) is 11.8 Å². The summed E-state index contributed by atoms with van der Waals surface area (Å²) in [6.07, 6.45) is 6.75. The van der Waals surface area contributed by atoms with Crippen LogP contribution in [0, 0.1) is 5.92 Å². The summed E-state index contributed by atoms with van der Waals surface area (Å²) in [4.78, 5) is 36.1. The molecule has 26 heavy (non-hydrogen) atoms. The molecule has 0 radical (unpaired) electrons. The molecule has 0 aliphatic carbocycles. The Morgan fingerprint density at radius 1 is 0.962 bits per heavy atom. The van der Waals surface area contributed by atoms with Crippen LogP contribution in [0.4, 0.5) is 0 Å². The number of hydrogen-bond acceptors (Lipinski definition) is 4. The fraction of sp³-hybridized carbons (Fsp3) is 0.650. The van der Waals surface area contributed by atoms with E-state index in [1.54, 1.807) is 12.3 Å². The van der Waals surface area contributed by atoms with Gasteiger partial charge >= 0.3 is 0 Å². The van der Waals surface area contributed by atoms with E-state index >= 15 is 0 Å². The van der Waals surface area contributed by atoms with Gasteiger partial charge in [-0.3, -0.25) is 19.5 Å². The lowest BCUT2D eigenvalue weighted by atomic mass is 9.94. The quantitative estimate of drug-likeness (QED) is 0.808. The summed E-state index contributed by atoms with van der Waals surface area (Å²) in [6, 6.07) is 6.57. The first-order chi connectivity index (χ1) is 12.6. The van der Waals surface area contributed by atoms with Crippen molar-refractivity contribution in [2.75, 3.05) is 33.2 Å². The Bertz CT molecular complexity index is 657. The number of carbonyl (C=O) groups is 2. The maximum absolute atomic E-state index is 13.0. The second-order valence-corrected chi connectivity index (χ2v) is 7.90. The summed E-state index contributed by atoms with van der Waals surface area (Å²) in [5.74, 6) is 0.339. The van der Waals surface area contributed by atoms with Crippen LogP contribution in [0.2, 0.25) is 0 Å². The zero-order chi connectivity index (χ0) is 18.1. The lowest BCUT2D eigenvalue weighted by molar-refractivity contribution is -0.137. The van der Waals surface area contributed by atoms with Crippen molar-refractivity contribution in [1.82, 2.24) is 19.7 Å². The normalized spacial score (nSPS) is 27.4. The summed E-state index contributed by atoms with van der Waals surface area (Å²) >= 11 is 0. The zero-order valence-corrected chi connectivity index (χ0v) is 15.5. The number of nitrogens with zero attached hydrogens (tertiary/aromatic N) is 4. The minimum Gasteiger partial charge on any atom is -0.341 e. The molecule has 3 aliphatic heterocycles. The van der Waals surface area contributed by atoms with Crippen LogP contribution in [0.1, 0.15) is 42.6 Å². The summed E-state index contributed by atoms with van der Waals surface area (Å²) in [5.41, 5.74) is 0.490. The molecule has 0 saturated carbocycles. The zero-order valence-electron chi connectivity index (χ0n) is 15.5. The van der Waals surface area contributed by atoms with Crippen LogP contribution in [0.3, 0.4) is 0 Å². The lowest BCUT2D eigenvalue weighted by Crippen LogP contribution is -2.46. The van der Waals surface area contributed by atoms with E-state index < -0.39 is 0 Å². The maximum atomic E-state index is 13.0. The Morgan fingerprint density at radius 3 is 2.42 bits per heavy atom. The number of aromatic nitrogens is 1. The molecule has 4 rings (SSSR count). The summed E-state index contributed by atoms with van der Waals surface area (Å²) in [6.45, 7) is 3.05. The molecule has 0 spiro atoms. The predicted molar refractivity (Wildman–Crippen MR) is 98.6 cm³/mol. The highest BCUT2D eigenvalue weighted by atomic mass is 16.2. The van der Waals surface area contributed by atoms with Gasteiger partial charge in [0.2, 0.25) is 5.91 Å². The molecule has 3 fully saturated rings. The third-order valence-corrected chi connectivity index (χ3v) is 6.48. The first kappa shape index (κ1) is 17.5. The smallest absolute Gasteiger partial charge is 0.272 e. The molecule has 0 aromatic carbocycles. The molecule has 4 heterocycles. The van der Waals surface area contributed by atoms with Crippen molar-refractivity contribution in [3.63, 3.8) is 0 Å². The number of pyridine rings is 1. The van der Waals surface area contributed by atoms with Gasteiger partial charge in [-0.2, -0.15) is 0 Å². The van der Waals surface area contributed by atoms with Gasteiger partial charge in [-0.1, -0.05) is 6.07 Å². The SMILES string of the molecule is CN1[C@H]2CC[C@@H]1CN(C(=O)C1CCN(C(=O)c3ccccn3)CC1)CC2. The van der Waals surface area contributed by atoms with Gasteiger partial charge in [-0.05, 0) is 51.3 Å². The Labute approximate surface area is 155 Å². The molecule has 3 aliphatic rings. The fourth-order valence-corrected chi connectivity index (χ4v) is 4.75. The van der Waals surface area contributed by atoms with E-state index in [9.17, 15) is 9.59 Å². The van der Waals surface area contributed by atoms with Gasteiger partial charge in [0.05, 0.1) is 0 Å². The van der Waals surface area contributed by atoms with E-state index in [0.717, 1.165) is 32.4 Å². The number of carbonyl (C=O) groups excluding carboxylic acids is 2. The van der Waals surface area contributed by atoms with Gasteiger partial charge < -0.3 is 9.80 Å². The molecular formula is C20H28N4O2. The van der Waals surface area contributed by atoms with Crippen molar-refractivity contribution in [3.8, 4) is 0 Å². The number of hydrogen-bond donors (Lipinski definition) is 0. The van der Waals surface area contributed by atoms with Crippen LogP contribution in [0.15, 0.2) is 24.4 Å². The van der Waals surface area contributed by atoms with Crippen molar-refractivity contribution in [3.05, 3.63) is 30.1 Å². The monoisotopic (exact) mass is 356 g/mol. The van der Waals surface area contributed by atoms with Crippen molar-refractivity contribution in [1.29, 1.82) is 0 Å². The molecule has 2 amide bonds. The van der Waals surface area contributed by atoms with Crippen molar-refractivity contribution in [2.24, 2.45) is 5.92 Å². The number of piperidine rings is 1. The maximum Gasteiger partial charge on any atom is 0.272 e. The minimum atomic E-state index is -0.0230. The Balaban J connectivity index is 1.33. The molecule has 140 valence electrons. The molecule has 0 unspecified atom stereocenters. The second kappa shape index (κ2) is 7.35. The van der Waals surface area contributed by atoms with Gasteiger partial charge in [-0.15, -0.1) is 0 Å². The number of likely N-dealkylation sites (tertiary alicyclic amines) is 2. The van der Waals surface area contributed by atoms with Gasteiger partial charge in [0.15, 0.2) is 0 Å². The molecule has 1 aromatic heterocycles. The second-order valence-electron chi connectivity index (χ2n) is 7.90. The largest absolute Gasteiger partial charge is 0.341 e. The molecule has 6 nitrogen and oxygen atoms in total. The van der Waals surface area contributed by atoms with E-state index in [0.29, 0.717) is 36.8 Å². The Kier molecular flexibility index (Phi) is 4.94. The van der Waals surface area contributed by atoms with Crippen molar-refractivity contribution >= 4 is 11.8 Å². The number of amides is 2. The van der Waals surface area contributed by atoms with Gasteiger partial charge in [-0.25, -0.2) is 0 Å². The standard InChI is InChI=1S/C20H28N4O2/c1-22-16-5-6-17(22)14-24(13-9-16)19(25)15-7-11-23(12-8-15)20(26)18-4-2-3-10-21-18/h2-4,10,15-17H,5-9,11-14H2,1H3/t16-,17+/m0/s1. The van der Waals surface area contributed by atoms with Crippen molar-refractivity contribution in [2.45, 2.75) is 44.2 Å². The minimum absolute atomic E-state index is 0.0230. The molecular weight excluding hydrogens is 328 g/mol. The summed E-state index contributed by atoms with van der Waals surface area (Å²) in [7, 11) is 2.21. The van der Waals surface area contributed by atoms with Crippen LogP contribution >= 0.6 is 0 Å². The summed E-state index contributed by atoms with van der Waals surface area (Å²) < 4.78 is 0. The Morgan fingerprint density at radius 2 is 1.69 bits per heavy atom. The molecule has 6 heteroatoms. The number of fused-ring (bicyclic) bond motifs is 2. The number of likely N-dealkylation sites (N-methyl/N-ethyl adjacent to an activating group) is 1. The van der Waals surface area contributed by atoms with Crippen LogP contribution in [0.25, 0.3) is 0 Å². The predicted octanol–water partition coefficient (Wildman–Crippen LogP) is 1.63. The molecule has 2 bridgehead atoms. The van der Waals surface area contributed by atoms with Crippen LogP contribution in [-0.4, -0.2) is 76.8 Å². The van der Waals surface area contributed by atoms with E-state index in [1.165, 1.54) is 12.8 Å². The Hall–Kier alpha value is -1.95. The lowest BCUT2D eigenvalue weighted by Gasteiger charge is -2.34. The molecule has 2 atom stereocenters. The first-order valence-corrected chi connectivity index (χ1v) is 9.84. The van der Waals surface area contributed by atoms with E-state index in [4.69, 9.17) is 0 Å². The van der Waals surface area contributed by atoms with E-state index in [2.05, 4.69) is 21.8 Å². The fourth-order valence-electron chi connectivity index (χ4n) is 4.75. The number of rotatable bonds is 2. The molecule has 1 aromatic rings. The van der Waals surface area contributed by atoms with Crippen LogP contribution in [0.5, 0.6) is 0 Å².